The Hall–Kier alpha value is -1.42. The average molecular weight is 220 g/mol. The highest BCUT2D eigenvalue weighted by atomic mass is 16.3. The van der Waals surface area contributed by atoms with Gasteiger partial charge in [-0.25, -0.2) is 0 Å². The summed E-state index contributed by atoms with van der Waals surface area (Å²) in [6.45, 7) is 1.77. The highest BCUT2D eigenvalue weighted by Crippen LogP contribution is 2.20. The zero-order valence-corrected chi connectivity index (χ0v) is 9.17. The van der Waals surface area contributed by atoms with Gasteiger partial charge >= 0.3 is 0 Å². The highest BCUT2D eigenvalue weighted by molar-refractivity contribution is 5.94. The molecule has 4 nitrogen and oxygen atoms in total. The molecular weight excluding hydrogens is 204 g/mol. The largest absolute Gasteiger partial charge is 0.396 e. The van der Waals surface area contributed by atoms with Gasteiger partial charge in [-0.15, -0.1) is 0 Å². The zero-order valence-electron chi connectivity index (χ0n) is 9.17. The van der Waals surface area contributed by atoms with E-state index in [1.165, 1.54) is 0 Å². The van der Waals surface area contributed by atoms with Crippen LogP contribution in [0.15, 0.2) is 24.5 Å². The van der Waals surface area contributed by atoms with E-state index in [2.05, 4.69) is 4.98 Å². The van der Waals surface area contributed by atoms with E-state index in [4.69, 9.17) is 5.11 Å². The molecule has 4 heteroatoms. The normalized spacial score (nSPS) is 20.1. The Kier molecular flexibility index (Phi) is 3.51. The Morgan fingerprint density at radius 2 is 2.25 bits per heavy atom. The van der Waals surface area contributed by atoms with Crippen molar-refractivity contribution in [3.05, 3.63) is 30.1 Å². The first-order chi connectivity index (χ1) is 7.81. The van der Waals surface area contributed by atoms with Crippen molar-refractivity contribution in [1.82, 2.24) is 9.88 Å². The van der Waals surface area contributed by atoms with E-state index < -0.39 is 0 Å². The first-order valence-corrected chi connectivity index (χ1v) is 5.61. The summed E-state index contributed by atoms with van der Waals surface area (Å²) in [4.78, 5) is 17.8. The van der Waals surface area contributed by atoms with Crippen molar-refractivity contribution in [2.75, 3.05) is 19.7 Å². The van der Waals surface area contributed by atoms with E-state index >= 15 is 0 Å². The van der Waals surface area contributed by atoms with Crippen LogP contribution in [0.2, 0.25) is 0 Å². The smallest absolute Gasteiger partial charge is 0.253 e. The second kappa shape index (κ2) is 5.07. The Morgan fingerprint density at radius 3 is 2.94 bits per heavy atom. The second-order valence-corrected chi connectivity index (χ2v) is 4.15. The van der Waals surface area contributed by atoms with Crippen LogP contribution in [-0.2, 0) is 0 Å². The average Bonchev–Trinajstić information content (AvgIpc) is 2.78. The fourth-order valence-corrected chi connectivity index (χ4v) is 2.11. The number of carbonyl (C=O) groups is 1. The minimum Gasteiger partial charge on any atom is -0.396 e. The van der Waals surface area contributed by atoms with Gasteiger partial charge in [-0.1, -0.05) is 0 Å². The summed E-state index contributed by atoms with van der Waals surface area (Å²) in [6.07, 6.45) is 5.06. The van der Waals surface area contributed by atoms with Crippen LogP contribution in [0.3, 0.4) is 0 Å². The van der Waals surface area contributed by atoms with E-state index in [9.17, 15) is 4.79 Å². The Morgan fingerprint density at radius 1 is 1.50 bits per heavy atom. The lowest BCUT2D eigenvalue weighted by Crippen LogP contribution is -2.28. The fourth-order valence-electron chi connectivity index (χ4n) is 2.11. The third-order valence-electron chi connectivity index (χ3n) is 3.04. The second-order valence-electron chi connectivity index (χ2n) is 4.15. The fraction of sp³-hybridized carbons (Fsp3) is 0.500. The molecule has 0 bridgehead atoms. The van der Waals surface area contributed by atoms with Crippen molar-refractivity contribution in [3.63, 3.8) is 0 Å². The van der Waals surface area contributed by atoms with E-state index in [-0.39, 0.29) is 12.5 Å². The summed E-state index contributed by atoms with van der Waals surface area (Å²) in [5, 5.41) is 8.86. The standard InChI is InChI=1S/C12H16N2O2/c15-8-4-10-3-7-14(9-10)12(16)11-1-5-13-6-2-11/h1-2,5-6,10,15H,3-4,7-9H2. The van der Waals surface area contributed by atoms with Crippen LogP contribution >= 0.6 is 0 Å². The summed E-state index contributed by atoms with van der Waals surface area (Å²) >= 11 is 0. The van der Waals surface area contributed by atoms with Gasteiger partial charge < -0.3 is 10.0 Å². The predicted molar refractivity (Wildman–Crippen MR) is 60.0 cm³/mol. The van der Waals surface area contributed by atoms with Crippen LogP contribution in [0.25, 0.3) is 0 Å². The van der Waals surface area contributed by atoms with Crippen molar-refractivity contribution in [2.45, 2.75) is 12.8 Å². The number of hydrogen-bond donors (Lipinski definition) is 1. The SMILES string of the molecule is O=C(c1ccncc1)N1CCC(CCO)C1. The number of likely N-dealkylation sites (tertiary alicyclic amines) is 1. The number of rotatable bonds is 3. The number of amides is 1. The summed E-state index contributed by atoms with van der Waals surface area (Å²) in [5.74, 6) is 0.527. The number of carbonyl (C=O) groups excluding carboxylic acids is 1. The quantitative estimate of drug-likeness (QED) is 0.824. The number of pyridine rings is 1. The van der Waals surface area contributed by atoms with Crippen LogP contribution in [-0.4, -0.2) is 40.6 Å². The lowest BCUT2D eigenvalue weighted by molar-refractivity contribution is 0.0784. The minimum absolute atomic E-state index is 0.0721. The maximum Gasteiger partial charge on any atom is 0.253 e. The van der Waals surface area contributed by atoms with E-state index in [1.54, 1.807) is 24.5 Å². The van der Waals surface area contributed by atoms with Gasteiger partial charge in [0, 0.05) is 37.7 Å². The molecule has 1 N–H and O–H groups in total. The van der Waals surface area contributed by atoms with Crippen molar-refractivity contribution >= 4 is 5.91 Å². The van der Waals surface area contributed by atoms with Crippen LogP contribution in [0.1, 0.15) is 23.2 Å². The molecule has 2 heterocycles. The minimum atomic E-state index is 0.0721. The molecule has 86 valence electrons. The van der Waals surface area contributed by atoms with Crippen LogP contribution in [0.5, 0.6) is 0 Å². The molecule has 1 aliphatic rings. The number of aliphatic hydroxyl groups is 1. The lowest BCUT2D eigenvalue weighted by atomic mass is 10.1. The molecule has 1 aromatic heterocycles. The molecule has 1 saturated heterocycles. The van der Waals surface area contributed by atoms with E-state index in [1.807, 2.05) is 4.90 Å². The Labute approximate surface area is 94.9 Å². The summed E-state index contributed by atoms with van der Waals surface area (Å²) in [5.41, 5.74) is 0.694. The highest BCUT2D eigenvalue weighted by Gasteiger charge is 2.26. The van der Waals surface area contributed by atoms with Crippen LogP contribution < -0.4 is 0 Å². The van der Waals surface area contributed by atoms with Gasteiger partial charge in [0.1, 0.15) is 0 Å². The molecule has 0 saturated carbocycles. The molecule has 1 amide bonds. The van der Waals surface area contributed by atoms with Gasteiger partial charge in [-0.2, -0.15) is 0 Å². The van der Waals surface area contributed by atoms with Crippen LogP contribution in [0.4, 0.5) is 0 Å². The van der Waals surface area contributed by atoms with Crippen molar-refractivity contribution in [1.29, 1.82) is 0 Å². The van der Waals surface area contributed by atoms with Gasteiger partial charge in [0.2, 0.25) is 0 Å². The molecule has 1 fully saturated rings. The van der Waals surface area contributed by atoms with Gasteiger partial charge in [0.15, 0.2) is 0 Å². The molecular formula is C12H16N2O2. The molecule has 1 aliphatic heterocycles. The molecule has 0 aliphatic carbocycles. The maximum absolute atomic E-state index is 12.0. The third kappa shape index (κ3) is 2.39. The first-order valence-electron chi connectivity index (χ1n) is 5.61. The monoisotopic (exact) mass is 220 g/mol. The van der Waals surface area contributed by atoms with E-state index in [0.29, 0.717) is 11.5 Å². The number of nitrogens with zero attached hydrogens (tertiary/aromatic N) is 2. The van der Waals surface area contributed by atoms with Gasteiger partial charge in [-0.05, 0) is 30.9 Å². The lowest BCUT2D eigenvalue weighted by Gasteiger charge is -2.16. The molecule has 0 radical (unpaired) electrons. The molecule has 0 aromatic carbocycles. The van der Waals surface area contributed by atoms with Crippen molar-refractivity contribution in [2.24, 2.45) is 5.92 Å². The van der Waals surface area contributed by atoms with E-state index in [0.717, 1.165) is 25.9 Å². The molecule has 16 heavy (non-hydrogen) atoms. The number of aromatic nitrogens is 1. The van der Waals surface area contributed by atoms with Crippen LogP contribution in [0, 0.1) is 5.92 Å². The predicted octanol–water partition coefficient (Wildman–Crippen LogP) is 0.926. The molecule has 1 atom stereocenters. The Balaban J connectivity index is 1.97. The third-order valence-corrected chi connectivity index (χ3v) is 3.04. The molecule has 1 unspecified atom stereocenters. The molecule has 2 rings (SSSR count). The molecule has 1 aromatic rings. The van der Waals surface area contributed by atoms with Gasteiger partial charge in [-0.3, -0.25) is 9.78 Å². The topological polar surface area (TPSA) is 53.4 Å². The number of hydrogen-bond acceptors (Lipinski definition) is 3. The summed E-state index contributed by atoms with van der Waals surface area (Å²) in [7, 11) is 0. The summed E-state index contributed by atoms with van der Waals surface area (Å²) in [6, 6.07) is 3.48. The van der Waals surface area contributed by atoms with Crippen molar-refractivity contribution < 1.29 is 9.90 Å². The summed E-state index contributed by atoms with van der Waals surface area (Å²) < 4.78 is 0. The van der Waals surface area contributed by atoms with Gasteiger partial charge in [0.25, 0.3) is 5.91 Å². The maximum atomic E-state index is 12.0. The Bertz CT molecular complexity index is 353. The molecule has 0 spiro atoms. The van der Waals surface area contributed by atoms with Gasteiger partial charge in [0.05, 0.1) is 0 Å². The first kappa shape index (κ1) is 11.1. The van der Waals surface area contributed by atoms with Crippen molar-refractivity contribution in [3.8, 4) is 0 Å². The number of aliphatic hydroxyl groups excluding tert-OH is 1. The zero-order chi connectivity index (χ0) is 11.4.